The monoisotopic (exact) mass is 611 g/mol. The first-order valence-electron chi connectivity index (χ1n) is 15.3. The fourth-order valence-electron chi connectivity index (χ4n) is 6.25. The number of aliphatic hydroxyl groups is 2. The van der Waals surface area contributed by atoms with E-state index in [1.807, 2.05) is 36.4 Å². The second kappa shape index (κ2) is 12.5. The maximum absolute atomic E-state index is 11.1. The first-order chi connectivity index (χ1) is 21.9. The molecule has 14 nitrogen and oxygen atoms in total. The molecule has 0 spiro atoms. The molecule has 0 unspecified atom stereocenters. The van der Waals surface area contributed by atoms with Gasteiger partial charge in [0.1, 0.15) is 12.2 Å². The Labute approximate surface area is 259 Å². The van der Waals surface area contributed by atoms with Gasteiger partial charge in [0.2, 0.25) is 11.8 Å². The Balaban J connectivity index is 1.23. The van der Waals surface area contributed by atoms with Gasteiger partial charge in [0.15, 0.2) is 29.3 Å². The first-order valence-corrected chi connectivity index (χ1v) is 15.3. The van der Waals surface area contributed by atoms with Crippen LogP contribution in [0.15, 0.2) is 67.0 Å². The van der Waals surface area contributed by atoms with Gasteiger partial charge < -0.3 is 31.3 Å². The highest BCUT2D eigenvalue weighted by Crippen LogP contribution is 2.39. The molecule has 0 bridgehead atoms. The molecule has 5 aromatic rings. The average molecular weight is 612 g/mol. The van der Waals surface area contributed by atoms with Crippen molar-refractivity contribution >= 4 is 22.9 Å². The summed E-state index contributed by atoms with van der Waals surface area (Å²) < 4.78 is 7.75. The Kier molecular flexibility index (Phi) is 8.10. The van der Waals surface area contributed by atoms with Crippen LogP contribution in [0, 0.1) is 0 Å². The highest BCUT2D eigenvalue weighted by molar-refractivity contribution is 5.84. The molecule has 0 radical (unpaired) electrons. The van der Waals surface area contributed by atoms with E-state index in [0.29, 0.717) is 29.5 Å². The molecular weight excluding hydrogens is 574 g/mol. The Hall–Kier alpha value is -4.50. The SMILES string of the molecule is Cn1nnc([C@H]2O[C@@H](n3cnc4c(NCC(c5ccccc5)c5ccccc5)nc(N[C@H]5CC[C@H](N)CC5)nc43)[C@H](O)[C@@H]2O)n1. The van der Waals surface area contributed by atoms with Gasteiger partial charge in [-0.1, -0.05) is 60.7 Å². The minimum absolute atomic E-state index is 0.0473. The highest BCUT2D eigenvalue weighted by Gasteiger charge is 2.47. The summed E-state index contributed by atoms with van der Waals surface area (Å²) in [5.41, 5.74) is 9.45. The van der Waals surface area contributed by atoms with Crippen LogP contribution >= 0.6 is 0 Å². The van der Waals surface area contributed by atoms with Gasteiger partial charge in [0.25, 0.3) is 0 Å². The molecule has 2 aromatic carbocycles. The van der Waals surface area contributed by atoms with Crippen LogP contribution in [-0.2, 0) is 11.8 Å². The molecule has 4 heterocycles. The normalized spacial score (nSPS) is 25.2. The third kappa shape index (κ3) is 5.96. The maximum atomic E-state index is 11.1. The van der Waals surface area contributed by atoms with Crippen molar-refractivity contribution in [2.45, 2.75) is 68.2 Å². The Bertz CT molecular complexity index is 1680. The van der Waals surface area contributed by atoms with Crippen molar-refractivity contribution in [3.05, 3.63) is 83.9 Å². The van der Waals surface area contributed by atoms with E-state index >= 15 is 0 Å². The molecule has 1 saturated carbocycles. The predicted molar refractivity (Wildman–Crippen MR) is 166 cm³/mol. The van der Waals surface area contributed by atoms with Crippen LogP contribution < -0.4 is 16.4 Å². The lowest BCUT2D eigenvalue weighted by Gasteiger charge is -2.27. The predicted octanol–water partition coefficient (Wildman–Crippen LogP) is 2.27. The molecule has 7 rings (SSSR count). The highest BCUT2D eigenvalue weighted by atomic mass is 16.6. The van der Waals surface area contributed by atoms with E-state index in [1.165, 1.54) is 15.9 Å². The van der Waals surface area contributed by atoms with Crippen molar-refractivity contribution in [3.8, 4) is 0 Å². The van der Waals surface area contributed by atoms with E-state index in [-0.39, 0.29) is 23.8 Å². The summed E-state index contributed by atoms with van der Waals surface area (Å²) in [6.07, 6.45) is 0.689. The molecule has 2 fully saturated rings. The Morgan fingerprint density at radius 3 is 2.29 bits per heavy atom. The smallest absolute Gasteiger partial charge is 0.227 e. The lowest BCUT2D eigenvalue weighted by molar-refractivity contribution is -0.0384. The number of aliphatic hydroxyl groups excluding tert-OH is 2. The van der Waals surface area contributed by atoms with E-state index < -0.39 is 24.5 Å². The first kappa shape index (κ1) is 29.2. The number of nitrogens with one attached hydrogen (secondary N) is 2. The fraction of sp³-hybridized carbons (Fsp3) is 0.419. The lowest BCUT2D eigenvalue weighted by atomic mass is 9.91. The minimum atomic E-state index is -1.29. The number of aromatic nitrogens is 8. The number of nitrogens with zero attached hydrogens (tertiary/aromatic N) is 8. The second-order valence-electron chi connectivity index (χ2n) is 11.8. The number of nitrogens with two attached hydrogens (primary N) is 1. The molecule has 6 N–H and O–H groups in total. The molecule has 1 saturated heterocycles. The molecule has 2 aliphatic rings. The Morgan fingerprint density at radius 2 is 1.64 bits per heavy atom. The topological polar surface area (TPSA) is 187 Å². The summed E-state index contributed by atoms with van der Waals surface area (Å²) in [5.74, 6) is 1.21. The quantitative estimate of drug-likeness (QED) is 0.164. The summed E-state index contributed by atoms with van der Waals surface area (Å²) >= 11 is 0. The van der Waals surface area contributed by atoms with Crippen LogP contribution in [0.25, 0.3) is 11.2 Å². The molecule has 1 aliphatic heterocycles. The molecular formula is C31H37N11O3. The molecule has 3 aromatic heterocycles. The van der Waals surface area contributed by atoms with Gasteiger partial charge in [-0.05, 0) is 42.0 Å². The second-order valence-corrected chi connectivity index (χ2v) is 11.8. The van der Waals surface area contributed by atoms with Gasteiger partial charge >= 0.3 is 0 Å². The van der Waals surface area contributed by atoms with Crippen molar-refractivity contribution in [1.82, 2.24) is 39.7 Å². The summed E-state index contributed by atoms with van der Waals surface area (Å²) in [4.78, 5) is 15.7. The van der Waals surface area contributed by atoms with Crippen molar-refractivity contribution in [2.24, 2.45) is 12.8 Å². The number of ether oxygens (including phenoxy) is 1. The van der Waals surface area contributed by atoms with Crippen LogP contribution in [-0.4, -0.2) is 80.8 Å². The standard InChI is InChI=1S/C31H37N11O3/c1-41-39-28(38-40-41)26-24(43)25(44)30(45-26)42-17-34-23-27(36-31(37-29(23)42)35-21-14-12-20(32)13-15-21)33-16-22(18-8-4-2-5-9-18)19-10-6-3-7-11-19/h2-11,17,20-22,24-26,30,43-44H,12-16,32H2,1H3,(H2,33,35,36,37)/t20-,21-,24-,25+,26-,30+/m0/s1. The lowest BCUT2D eigenvalue weighted by Crippen LogP contribution is -2.33. The molecule has 14 heteroatoms. The van der Waals surface area contributed by atoms with E-state index in [2.05, 4.69) is 55.3 Å². The van der Waals surface area contributed by atoms with Crippen LogP contribution in [0.2, 0.25) is 0 Å². The fourth-order valence-corrected chi connectivity index (χ4v) is 6.25. The number of hydrogen-bond donors (Lipinski definition) is 5. The van der Waals surface area contributed by atoms with E-state index in [9.17, 15) is 10.2 Å². The summed E-state index contributed by atoms with van der Waals surface area (Å²) in [6, 6.07) is 21.1. The van der Waals surface area contributed by atoms with Crippen LogP contribution in [0.4, 0.5) is 11.8 Å². The third-order valence-electron chi connectivity index (χ3n) is 8.69. The van der Waals surface area contributed by atoms with Crippen molar-refractivity contribution in [1.29, 1.82) is 0 Å². The Morgan fingerprint density at radius 1 is 0.956 bits per heavy atom. The number of benzene rings is 2. The van der Waals surface area contributed by atoms with Crippen molar-refractivity contribution in [3.63, 3.8) is 0 Å². The minimum Gasteiger partial charge on any atom is -0.387 e. The average Bonchev–Trinajstić information content (AvgIpc) is 3.76. The van der Waals surface area contributed by atoms with Gasteiger partial charge in [0, 0.05) is 24.5 Å². The zero-order valence-corrected chi connectivity index (χ0v) is 24.9. The number of anilines is 2. The van der Waals surface area contributed by atoms with Crippen molar-refractivity contribution in [2.75, 3.05) is 17.2 Å². The molecule has 1 aliphatic carbocycles. The van der Waals surface area contributed by atoms with E-state index in [4.69, 9.17) is 20.4 Å². The van der Waals surface area contributed by atoms with Crippen LogP contribution in [0.1, 0.15) is 60.9 Å². The van der Waals surface area contributed by atoms with Gasteiger partial charge in [-0.15, -0.1) is 10.2 Å². The van der Waals surface area contributed by atoms with Gasteiger partial charge in [0.05, 0.1) is 13.4 Å². The van der Waals surface area contributed by atoms with Crippen LogP contribution in [0.5, 0.6) is 0 Å². The largest absolute Gasteiger partial charge is 0.387 e. The van der Waals surface area contributed by atoms with E-state index in [1.54, 1.807) is 17.9 Å². The van der Waals surface area contributed by atoms with Gasteiger partial charge in [-0.2, -0.15) is 14.8 Å². The summed E-state index contributed by atoms with van der Waals surface area (Å²) in [7, 11) is 1.62. The number of fused-ring (bicyclic) bond motifs is 1. The number of aryl methyl sites for hydroxylation is 1. The zero-order chi connectivity index (χ0) is 30.9. The maximum Gasteiger partial charge on any atom is 0.227 e. The molecule has 0 amide bonds. The number of tetrazole rings is 1. The third-order valence-corrected chi connectivity index (χ3v) is 8.69. The summed E-state index contributed by atoms with van der Waals surface area (Å²) in [5, 5.41) is 41.0. The van der Waals surface area contributed by atoms with Crippen LogP contribution in [0.3, 0.4) is 0 Å². The number of hydrogen-bond acceptors (Lipinski definition) is 12. The van der Waals surface area contributed by atoms with Gasteiger partial charge in [-0.25, -0.2) is 4.98 Å². The van der Waals surface area contributed by atoms with Crippen molar-refractivity contribution < 1.29 is 14.9 Å². The summed E-state index contributed by atoms with van der Waals surface area (Å²) in [6.45, 7) is 0.548. The molecule has 234 valence electrons. The zero-order valence-electron chi connectivity index (χ0n) is 24.9. The number of rotatable bonds is 9. The van der Waals surface area contributed by atoms with E-state index in [0.717, 1.165) is 25.7 Å². The molecule has 45 heavy (non-hydrogen) atoms. The number of imidazole rings is 1. The molecule has 4 atom stereocenters. The van der Waals surface area contributed by atoms with Gasteiger partial charge in [-0.3, -0.25) is 4.57 Å².